The lowest BCUT2D eigenvalue weighted by molar-refractivity contribution is 0.0526. The highest BCUT2D eigenvalue weighted by Gasteiger charge is 2.29. The number of hydrogen-bond acceptors (Lipinski definition) is 6. The maximum absolute atomic E-state index is 12.5. The summed E-state index contributed by atoms with van der Waals surface area (Å²) >= 11 is 1.47. The van der Waals surface area contributed by atoms with E-state index in [1.54, 1.807) is 30.9 Å². The second kappa shape index (κ2) is 8.01. The van der Waals surface area contributed by atoms with Gasteiger partial charge in [-0.3, -0.25) is 14.4 Å². The zero-order valence-corrected chi connectivity index (χ0v) is 16.2. The Balaban J connectivity index is 1.90. The van der Waals surface area contributed by atoms with E-state index < -0.39 is 0 Å². The number of hydrogen-bond donors (Lipinski definition) is 1. The summed E-state index contributed by atoms with van der Waals surface area (Å²) in [6, 6.07) is 1.65. The van der Waals surface area contributed by atoms with Gasteiger partial charge in [0.2, 0.25) is 0 Å². The summed E-state index contributed by atoms with van der Waals surface area (Å²) in [6.45, 7) is 7.00. The van der Waals surface area contributed by atoms with Gasteiger partial charge >= 0.3 is 5.97 Å². The normalized spacial score (nSPS) is 14.1. The third-order valence-corrected chi connectivity index (χ3v) is 5.46. The van der Waals surface area contributed by atoms with Crippen LogP contribution in [0.15, 0.2) is 12.3 Å². The monoisotopic (exact) mass is 376 g/mol. The van der Waals surface area contributed by atoms with Crippen LogP contribution in [-0.2, 0) is 24.8 Å². The van der Waals surface area contributed by atoms with Gasteiger partial charge in [-0.25, -0.2) is 4.79 Å². The molecule has 3 rings (SSSR count). The van der Waals surface area contributed by atoms with Crippen molar-refractivity contribution in [2.75, 3.05) is 25.0 Å². The van der Waals surface area contributed by atoms with Crippen LogP contribution in [0.1, 0.15) is 51.6 Å². The number of nitrogens with one attached hydrogen (secondary N) is 1. The molecule has 1 N–H and O–H groups in total. The summed E-state index contributed by atoms with van der Waals surface area (Å²) in [5, 5.41) is 7.55. The zero-order valence-electron chi connectivity index (χ0n) is 15.4. The van der Waals surface area contributed by atoms with Crippen LogP contribution in [-0.4, -0.2) is 46.3 Å². The lowest BCUT2D eigenvalue weighted by Crippen LogP contribution is -2.30. The summed E-state index contributed by atoms with van der Waals surface area (Å²) in [5.41, 5.74) is 1.84. The van der Waals surface area contributed by atoms with Gasteiger partial charge in [0.05, 0.1) is 12.2 Å². The van der Waals surface area contributed by atoms with E-state index in [9.17, 15) is 9.59 Å². The van der Waals surface area contributed by atoms with Crippen molar-refractivity contribution in [1.82, 2.24) is 14.7 Å². The first-order chi connectivity index (χ1) is 12.5. The standard InChI is InChI=1S/C18H24N4O3S/c1-4-8-22-10-6-12-14(11-22)26-17(15(12)18(24)25-5-2)19-16(23)13-7-9-21(3)20-13/h7,9H,4-6,8,10-11H2,1-3H3,(H,19,23). The highest BCUT2D eigenvalue weighted by atomic mass is 32.1. The van der Waals surface area contributed by atoms with Gasteiger partial charge in [-0.05, 0) is 37.9 Å². The molecule has 0 aliphatic carbocycles. The lowest BCUT2D eigenvalue weighted by Gasteiger charge is -2.26. The number of nitrogens with zero attached hydrogens (tertiary/aromatic N) is 3. The fourth-order valence-electron chi connectivity index (χ4n) is 3.17. The van der Waals surface area contributed by atoms with Crippen molar-refractivity contribution in [2.45, 2.75) is 33.2 Å². The van der Waals surface area contributed by atoms with Crippen LogP contribution in [0.5, 0.6) is 0 Å². The van der Waals surface area contributed by atoms with Crippen LogP contribution in [0.25, 0.3) is 0 Å². The molecule has 0 unspecified atom stereocenters. The summed E-state index contributed by atoms with van der Waals surface area (Å²) in [6.07, 6.45) is 3.59. The topological polar surface area (TPSA) is 76.5 Å². The van der Waals surface area contributed by atoms with Gasteiger partial charge in [0, 0.05) is 31.2 Å². The highest BCUT2D eigenvalue weighted by molar-refractivity contribution is 7.17. The Morgan fingerprint density at radius 1 is 1.38 bits per heavy atom. The number of carbonyl (C=O) groups excluding carboxylic acids is 2. The Kier molecular flexibility index (Phi) is 5.73. The quantitative estimate of drug-likeness (QED) is 0.785. The van der Waals surface area contributed by atoms with Crippen molar-refractivity contribution in [2.24, 2.45) is 7.05 Å². The molecule has 0 spiro atoms. The van der Waals surface area contributed by atoms with Gasteiger partial charge in [0.1, 0.15) is 5.00 Å². The van der Waals surface area contributed by atoms with Crippen molar-refractivity contribution in [3.63, 3.8) is 0 Å². The van der Waals surface area contributed by atoms with Gasteiger partial charge in [0.15, 0.2) is 5.69 Å². The number of esters is 1. The molecule has 0 saturated heterocycles. The molecule has 0 radical (unpaired) electrons. The minimum atomic E-state index is -0.370. The SMILES string of the molecule is CCCN1CCc2c(sc(NC(=O)c3ccn(C)n3)c2C(=O)OCC)C1. The number of carbonyl (C=O) groups is 2. The maximum atomic E-state index is 12.5. The Hall–Kier alpha value is -2.19. The zero-order chi connectivity index (χ0) is 18.7. The highest BCUT2D eigenvalue weighted by Crippen LogP contribution is 2.37. The van der Waals surface area contributed by atoms with E-state index in [1.165, 1.54) is 11.3 Å². The molecule has 8 heteroatoms. The van der Waals surface area contributed by atoms with Crippen LogP contribution < -0.4 is 5.32 Å². The molecule has 7 nitrogen and oxygen atoms in total. The van der Waals surface area contributed by atoms with Crippen molar-refractivity contribution in [3.8, 4) is 0 Å². The van der Waals surface area contributed by atoms with Crippen LogP contribution in [0.3, 0.4) is 0 Å². The molecule has 0 fully saturated rings. The maximum Gasteiger partial charge on any atom is 0.341 e. The minimum Gasteiger partial charge on any atom is -0.462 e. The molecular formula is C18H24N4O3S. The third kappa shape index (κ3) is 3.81. The molecule has 0 atom stereocenters. The smallest absolute Gasteiger partial charge is 0.341 e. The van der Waals surface area contributed by atoms with E-state index in [4.69, 9.17) is 4.74 Å². The van der Waals surface area contributed by atoms with Crippen molar-refractivity contribution in [1.29, 1.82) is 0 Å². The number of fused-ring (bicyclic) bond motifs is 1. The predicted molar refractivity (Wildman–Crippen MR) is 101 cm³/mol. The Bertz CT molecular complexity index is 811. The van der Waals surface area contributed by atoms with Gasteiger partial charge in [-0.1, -0.05) is 6.92 Å². The fraction of sp³-hybridized carbons (Fsp3) is 0.500. The van der Waals surface area contributed by atoms with Crippen molar-refractivity contribution in [3.05, 3.63) is 34.0 Å². The molecule has 26 heavy (non-hydrogen) atoms. The van der Waals surface area contributed by atoms with E-state index in [1.807, 2.05) is 0 Å². The minimum absolute atomic E-state index is 0.305. The van der Waals surface area contributed by atoms with E-state index in [0.717, 1.165) is 42.9 Å². The number of aryl methyl sites for hydroxylation is 1. The Labute approximate surface area is 156 Å². The van der Waals surface area contributed by atoms with Gasteiger partial charge < -0.3 is 10.1 Å². The molecule has 0 bridgehead atoms. The van der Waals surface area contributed by atoms with E-state index in [0.29, 0.717) is 22.9 Å². The van der Waals surface area contributed by atoms with Gasteiger partial charge in [-0.2, -0.15) is 5.10 Å². The van der Waals surface area contributed by atoms with E-state index in [2.05, 4.69) is 22.2 Å². The predicted octanol–water partition coefficient (Wildman–Crippen LogP) is 2.68. The summed E-state index contributed by atoms with van der Waals surface area (Å²) in [4.78, 5) is 28.5. The van der Waals surface area contributed by atoms with Gasteiger partial charge in [0.25, 0.3) is 5.91 Å². The first-order valence-electron chi connectivity index (χ1n) is 8.88. The second-order valence-corrected chi connectivity index (χ2v) is 7.39. The first-order valence-corrected chi connectivity index (χ1v) is 9.70. The summed E-state index contributed by atoms with van der Waals surface area (Å²) in [7, 11) is 1.76. The second-order valence-electron chi connectivity index (χ2n) is 6.28. The first kappa shape index (κ1) is 18.6. The number of anilines is 1. The molecule has 1 aliphatic heterocycles. The van der Waals surface area contributed by atoms with Crippen LogP contribution >= 0.6 is 11.3 Å². The van der Waals surface area contributed by atoms with Crippen LogP contribution in [0.2, 0.25) is 0 Å². The number of amides is 1. The largest absolute Gasteiger partial charge is 0.462 e. The van der Waals surface area contributed by atoms with Crippen LogP contribution in [0, 0.1) is 0 Å². The Morgan fingerprint density at radius 2 is 2.19 bits per heavy atom. The van der Waals surface area contributed by atoms with E-state index >= 15 is 0 Å². The number of thiophene rings is 1. The van der Waals surface area contributed by atoms with E-state index in [-0.39, 0.29) is 11.9 Å². The molecule has 3 heterocycles. The summed E-state index contributed by atoms with van der Waals surface area (Å²) < 4.78 is 6.81. The fourth-order valence-corrected chi connectivity index (χ4v) is 4.45. The molecule has 1 aliphatic rings. The number of aromatic nitrogens is 2. The molecule has 1 amide bonds. The molecule has 0 aromatic carbocycles. The molecule has 2 aromatic rings. The third-order valence-electron chi connectivity index (χ3n) is 4.33. The number of ether oxygens (including phenoxy) is 1. The average Bonchev–Trinajstić information content (AvgIpc) is 3.18. The lowest BCUT2D eigenvalue weighted by atomic mass is 10.0. The molecule has 140 valence electrons. The van der Waals surface area contributed by atoms with Crippen LogP contribution in [0.4, 0.5) is 5.00 Å². The molecule has 0 saturated carbocycles. The van der Waals surface area contributed by atoms with Crippen molar-refractivity contribution >= 4 is 28.2 Å². The summed E-state index contributed by atoms with van der Waals surface area (Å²) in [5.74, 6) is -0.689. The Morgan fingerprint density at radius 3 is 2.85 bits per heavy atom. The number of rotatable bonds is 6. The van der Waals surface area contributed by atoms with Gasteiger partial charge in [-0.15, -0.1) is 11.3 Å². The molecular weight excluding hydrogens is 352 g/mol. The van der Waals surface area contributed by atoms with Crippen molar-refractivity contribution < 1.29 is 14.3 Å². The molecule has 2 aromatic heterocycles. The average molecular weight is 376 g/mol.